The first-order chi connectivity index (χ1) is 8.36. The fourth-order valence-electron chi connectivity index (χ4n) is 2.87. The van der Waals surface area contributed by atoms with E-state index in [-0.39, 0.29) is 0 Å². The van der Waals surface area contributed by atoms with Crippen LogP contribution in [-0.4, -0.2) is 17.6 Å². The molecule has 0 radical (unpaired) electrons. The van der Waals surface area contributed by atoms with Crippen molar-refractivity contribution in [3.8, 4) is 12.3 Å². The number of rotatable bonds is 1. The van der Waals surface area contributed by atoms with Crippen molar-refractivity contribution in [3.63, 3.8) is 0 Å². The number of fused-ring (bicyclic) bond motifs is 1. The first kappa shape index (κ1) is 10.6. The summed E-state index contributed by atoms with van der Waals surface area (Å²) in [5.41, 5.74) is 3.46. The molecule has 2 aliphatic rings. The van der Waals surface area contributed by atoms with E-state index in [1.807, 2.05) is 6.20 Å². The van der Waals surface area contributed by atoms with E-state index < -0.39 is 0 Å². The zero-order chi connectivity index (χ0) is 11.7. The number of piperidine rings is 1. The van der Waals surface area contributed by atoms with Crippen molar-refractivity contribution >= 4 is 5.57 Å². The summed E-state index contributed by atoms with van der Waals surface area (Å²) in [4.78, 5) is 4.21. The van der Waals surface area contributed by atoms with E-state index in [4.69, 9.17) is 6.42 Å². The third-order valence-corrected chi connectivity index (χ3v) is 3.77. The van der Waals surface area contributed by atoms with Crippen molar-refractivity contribution in [2.75, 3.05) is 6.54 Å². The molecule has 0 saturated carbocycles. The lowest BCUT2D eigenvalue weighted by Crippen LogP contribution is -2.37. The molecule has 2 nitrogen and oxygen atoms in total. The second kappa shape index (κ2) is 4.35. The van der Waals surface area contributed by atoms with Crippen LogP contribution in [0.15, 0.2) is 24.5 Å². The number of nitrogens with one attached hydrogen (secondary N) is 1. The lowest BCUT2D eigenvalue weighted by atomic mass is 9.94. The van der Waals surface area contributed by atoms with Crippen LogP contribution >= 0.6 is 0 Å². The average Bonchev–Trinajstić information content (AvgIpc) is 2.82. The molecule has 2 heterocycles. The Morgan fingerprint density at radius 1 is 1.41 bits per heavy atom. The predicted octanol–water partition coefficient (Wildman–Crippen LogP) is 2.22. The molecule has 0 aromatic carbocycles. The van der Waals surface area contributed by atoms with E-state index in [2.05, 4.69) is 28.4 Å². The van der Waals surface area contributed by atoms with Gasteiger partial charge in [0.1, 0.15) is 0 Å². The van der Waals surface area contributed by atoms with Crippen molar-refractivity contribution < 1.29 is 0 Å². The van der Waals surface area contributed by atoms with Gasteiger partial charge in [-0.25, -0.2) is 0 Å². The molecular formula is C15H16N2. The van der Waals surface area contributed by atoms with E-state index in [1.165, 1.54) is 24.0 Å². The minimum Gasteiger partial charge on any atom is -0.313 e. The van der Waals surface area contributed by atoms with Gasteiger partial charge in [0, 0.05) is 24.0 Å². The third kappa shape index (κ3) is 1.99. The summed E-state index contributed by atoms with van der Waals surface area (Å²) in [5.74, 6) is 3.35. The zero-order valence-electron chi connectivity index (χ0n) is 9.82. The van der Waals surface area contributed by atoms with E-state index in [9.17, 15) is 0 Å². The summed E-state index contributed by atoms with van der Waals surface area (Å²) >= 11 is 0. The van der Waals surface area contributed by atoms with E-state index in [1.54, 1.807) is 6.20 Å². The van der Waals surface area contributed by atoms with Gasteiger partial charge in [-0.3, -0.25) is 4.98 Å². The Morgan fingerprint density at radius 2 is 2.35 bits per heavy atom. The van der Waals surface area contributed by atoms with Crippen LogP contribution in [0.25, 0.3) is 5.57 Å². The maximum Gasteiger partial charge on any atom is 0.0432 e. The molecular weight excluding hydrogens is 208 g/mol. The number of hydrogen-bond acceptors (Lipinski definition) is 2. The molecule has 2 heteroatoms. The van der Waals surface area contributed by atoms with Crippen molar-refractivity contribution in [1.29, 1.82) is 0 Å². The van der Waals surface area contributed by atoms with Crippen LogP contribution in [0.1, 0.15) is 30.4 Å². The van der Waals surface area contributed by atoms with Crippen molar-refractivity contribution in [1.82, 2.24) is 10.3 Å². The van der Waals surface area contributed by atoms with Gasteiger partial charge in [-0.1, -0.05) is 12.0 Å². The Hall–Kier alpha value is -1.59. The first-order valence-corrected chi connectivity index (χ1v) is 6.23. The molecule has 1 N–H and O–H groups in total. The molecule has 86 valence electrons. The highest BCUT2D eigenvalue weighted by atomic mass is 14.9. The fourth-order valence-corrected chi connectivity index (χ4v) is 2.87. The molecule has 0 spiro atoms. The molecule has 0 bridgehead atoms. The number of terminal acetylenes is 1. The standard InChI is InChI=1S/C15H16N2/c1-2-11-6-14(10-16-9-11)13-7-12-4-3-5-17-15(12)8-13/h1,6-7,9-10,12,15,17H,3-5,8H2/t12-,15+/m0/s1. The van der Waals surface area contributed by atoms with Crippen molar-refractivity contribution in [2.24, 2.45) is 5.92 Å². The van der Waals surface area contributed by atoms with E-state index in [0.29, 0.717) is 12.0 Å². The number of hydrogen-bond donors (Lipinski definition) is 1. The molecule has 1 aromatic rings. The molecule has 1 saturated heterocycles. The Bertz CT molecular complexity index is 496. The predicted molar refractivity (Wildman–Crippen MR) is 69.3 cm³/mol. The van der Waals surface area contributed by atoms with Gasteiger partial charge in [0.25, 0.3) is 0 Å². The molecule has 1 aliphatic heterocycles. The van der Waals surface area contributed by atoms with Crippen LogP contribution in [0.3, 0.4) is 0 Å². The quantitative estimate of drug-likeness (QED) is 0.740. The second-order valence-corrected chi connectivity index (χ2v) is 4.87. The number of pyridine rings is 1. The molecule has 3 rings (SSSR count). The van der Waals surface area contributed by atoms with Crippen LogP contribution in [-0.2, 0) is 0 Å². The van der Waals surface area contributed by atoms with Crippen LogP contribution in [0.4, 0.5) is 0 Å². The number of aromatic nitrogens is 1. The Morgan fingerprint density at radius 3 is 3.18 bits per heavy atom. The Balaban J connectivity index is 1.87. The maximum absolute atomic E-state index is 5.41. The molecule has 1 aromatic heterocycles. The summed E-state index contributed by atoms with van der Waals surface area (Å²) in [5, 5.41) is 3.60. The van der Waals surface area contributed by atoms with Crippen LogP contribution in [0, 0.1) is 18.3 Å². The molecule has 0 unspecified atom stereocenters. The third-order valence-electron chi connectivity index (χ3n) is 3.77. The SMILES string of the molecule is C#Cc1cncc(C2=C[C@@H]3CCCN[C@@H]3C2)c1. The zero-order valence-corrected chi connectivity index (χ0v) is 9.82. The lowest BCUT2D eigenvalue weighted by Gasteiger charge is -2.25. The van der Waals surface area contributed by atoms with Gasteiger partial charge in [0.2, 0.25) is 0 Å². The molecule has 0 amide bonds. The smallest absolute Gasteiger partial charge is 0.0432 e. The van der Waals surface area contributed by atoms with E-state index in [0.717, 1.165) is 18.5 Å². The van der Waals surface area contributed by atoms with Crippen LogP contribution < -0.4 is 5.32 Å². The summed E-state index contributed by atoms with van der Waals surface area (Å²) < 4.78 is 0. The monoisotopic (exact) mass is 224 g/mol. The summed E-state index contributed by atoms with van der Waals surface area (Å²) in [7, 11) is 0. The Kier molecular flexibility index (Phi) is 2.70. The van der Waals surface area contributed by atoms with Gasteiger partial charge < -0.3 is 5.32 Å². The largest absolute Gasteiger partial charge is 0.313 e. The fraction of sp³-hybridized carbons (Fsp3) is 0.400. The van der Waals surface area contributed by atoms with E-state index >= 15 is 0 Å². The molecule has 1 aliphatic carbocycles. The molecule has 1 fully saturated rings. The highest BCUT2D eigenvalue weighted by Gasteiger charge is 2.29. The van der Waals surface area contributed by atoms with Crippen molar-refractivity contribution in [2.45, 2.75) is 25.3 Å². The van der Waals surface area contributed by atoms with Crippen molar-refractivity contribution in [3.05, 3.63) is 35.7 Å². The Labute approximate surface area is 102 Å². The summed E-state index contributed by atoms with van der Waals surface area (Å²) in [6, 6.07) is 2.70. The molecule has 2 atom stereocenters. The van der Waals surface area contributed by atoms with Crippen LogP contribution in [0.2, 0.25) is 0 Å². The lowest BCUT2D eigenvalue weighted by molar-refractivity contribution is 0.348. The van der Waals surface area contributed by atoms with Gasteiger partial charge in [-0.05, 0) is 48.9 Å². The second-order valence-electron chi connectivity index (χ2n) is 4.87. The summed E-state index contributed by atoms with van der Waals surface area (Å²) in [6.07, 6.45) is 15.2. The minimum atomic E-state index is 0.633. The maximum atomic E-state index is 5.41. The number of nitrogens with zero attached hydrogens (tertiary/aromatic N) is 1. The van der Waals surface area contributed by atoms with Gasteiger partial charge in [0.05, 0.1) is 0 Å². The highest BCUT2D eigenvalue weighted by Crippen LogP contribution is 2.35. The van der Waals surface area contributed by atoms with Crippen LogP contribution in [0.5, 0.6) is 0 Å². The first-order valence-electron chi connectivity index (χ1n) is 6.23. The van der Waals surface area contributed by atoms with Gasteiger partial charge in [-0.15, -0.1) is 6.42 Å². The van der Waals surface area contributed by atoms with Gasteiger partial charge >= 0.3 is 0 Å². The topological polar surface area (TPSA) is 24.9 Å². The summed E-state index contributed by atoms with van der Waals surface area (Å²) in [6.45, 7) is 1.16. The van der Waals surface area contributed by atoms with Gasteiger partial charge in [0.15, 0.2) is 0 Å². The minimum absolute atomic E-state index is 0.633. The average molecular weight is 224 g/mol. The normalized spacial score (nSPS) is 27.1. The highest BCUT2D eigenvalue weighted by molar-refractivity contribution is 5.69. The molecule has 17 heavy (non-hydrogen) atoms. The van der Waals surface area contributed by atoms with Gasteiger partial charge in [-0.2, -0.15) is 0 Å².